The Balaban J connectivity index is 0.00000242. The molecule has 0 bridgehead atoms. The summed E-state index contributed by atoms with van der Waals surface area (Å²) < 4.78 is 79.5. The zero-order valence-corrected chi connectivity index (χ0v) is 14.7. The minimum atomic E-state index is -4.47. The fourth-order valence-electron chi connectivity index (χ4n) is 1.93. The summed E-state index contributed by atoms with van der Waals surface area (Å²) in [5.74, 6) is -10.2. The first-order valence-corrected chi connectivity index (χ1v) is 8.07. The number of hydrogen-bond donors (Lipinski definition) is 0. The summed E-state index contributed by atoms with van der Waals surface area (Å²) >= 11 is 0. The Bertz CT molecular complexity index is 669. The van der Waals surface area contributed by atoms with E-state index in [0.717, 1.165) is 6.55 Å². The molecule has 2 aromatic carbocycles. The molecule has 2 aromatic rings. The first-order valence-electron chi connectivity index (χ1n) is 5.66. The average Bonchev–Trinajstić information content (AvgIpc) is 2.41. The molecule has 0 spiro atoms. The molecule has 10 heteroatoms. The van der Waals surface area contributed by atoms with E-state index in [9.17, 15) is 31.1 Å². The van der Waals surface area contributed by atoms with Crippen LogP contribution in [-0.4, -0.2) is 31.4 Å². The summed E-state index contributed by atoms with van der Waals surface area (Å²) in [5, 5.41) is -1.57. The standard InChI is InChI=1S/C13H7F6OSi.ClH.Mg/c1-21(20,8-4-2-6(14)10(16)12(8)18)9-5-3-7(15)11(17)13(9)19;;/h2-5H,1H3;1H;/q-1;;+2/p-1. The van der Waals surface area contributed by atoms with Gasteiger partial charge in [-0.15, -0.1) is 0 Å². The van der Waals surface area contributed by atoms with Gasteiger partial charge in [0.2, 0.25) is 0 Å². The molecule has 0 saturated heterocycles. The molecule has 0 atom stereocenters. The zero-order chi connectivity index (χ0) is 15.9. The van der Waals surface area contributed by atoms with E-state index >= 15 is 0 Å². The summed E-state index contributed by atoms with van der Waals surface area (Å²) in [4.78, 5) is 12.6. The SMILES string of the molecule is C[Si]([O-])(c1ccc(F)c(F)c1F)c1ccc(F)c(F)c1F.[Cl-].[Mg+2]. The maximum atomic E-state index is 13.7. The van der Waals surface area contributed by atoms with Crippen molar-refractivity contribution in [1.82, 2.24) is 0 Å². The molecule has 120 valence electrons. The van der Waals surface area contributed by atoms with Crippen LogP contribution in [0.5, 0.6) is 0 Å². The molecule has 0 fully saturated rings. The van der Waals surface area contributed by atoms with Gasteiger partial charge >= 0.3 is 23.1 Å². The van der Waals surface area contributed by atoms with Crippen LogP contribution in [0.4, 0.5) is 26.3 Å². The Morgan fingerprint density at radius 1 is 0.696 bits per heavy atom. The number of halogens is 7. The van der Waals surface area contributed by atoms with Crippen LogP contribution >= 0.6 is 0 Å². The van der Waals surface area contributed by atoms with Crippen LogP contribution in [0, 0.1) is 34.9 Å². The molecule has 2 rings (SSSR count). The van der Waals surface area contributed by atoms with Gasteiger partial charge in [-0.2, -0.15) is 0 Å². The number of hydrogen-bond acceptors (Lipinski definition) is 1. The third-order valence-electron chi connectivity index (χ3n) is 3.10. The Morgan fingerprint density at radius 3 is 1.30 bits per heavy atom. The second kappa shape index (κ2) is 7.88. The van der Waals surface area contributed by atoms with Gasteiger partial charge in [0, 0.05) is 8.32 Å². The van der Waals surface area contributed by atoms with Crippen molar-refractivity contribution in [3.05, 3.63) is 59.2 Å². The van der Waals surface area contributed by atoms with E-state index in [1.54, 1.807) is 0 Å². The molecular formula is C13H7ClF6MgOSi. The summed E-state index contributed by atoms with van der Waals surface area (Å²) in [7, 11) is -4.47. The molecule has 0 radical (unpaired) electrons. The average molecular weight is 381 g/mol. The Labute approximate surface area is 151 Å². The van der Waals surface area contributed by atoms with Crippen molar-refractivity contribution in [1.29, 1.82) is 0 Å². The van der Waals surface area contributed by atoms with Gasteiger partial charge in [-0.3, -0.25) is 0 Å². The molecule has 23 heavy (non-hydrogen) atoms. The molecule has 0 aliphatic rings. The van der Waals surface area contributed by atoms with Crippen LogP contribution in [0.15, 0.2) is 24.3 Å². The van der Waals surface area contributed by atoms with Crippen LogP contribution in [0.3, 0.4) is 0 Å². The first kappa shape index (κ1) is 22.3. The van der Waals surface area contributed by atoms with Crippen LogP contribution in [0.2, 0.25) is 6.55 Å². The van der Waals surface area contributed by atoms with E-state index in [0.29, 0.717) is 24.3 Å². The minimum absolute atomic E-state index is 0. The van der Waals surface area contributed by atoms with Crippen molar-refractivity contribution in [3.63, 3.8) is 0 Å². The van der Waals surface area contributed by atoms with Gasteiger partial charge in [0.15, 0.2) is 34.9 Å². The maximum absolute atomic E-state index is 13.7. The normalized spacial score (nSPS) is 10.8. The second-order valence-electron chi connectivity index (χ2n) is 4.48. The van der Waals surface area contributed by atoms with Crippen LogP contribution in [-0.2, 0) is 0 Å². The van der Waals surface area contributed by atoms with Crippen LogP contribution < -0.4 is 27.6 Å². The first-order chi connectivity index (χ1) is 9.67. The Morgan fingerprint density at radius 2 is 1.00 bits per heavy atom. The fourth-order valence-corrected chi connectivity index (χ4v) is 4.08. The van der Waals surface area contributed by atoms with Gasteiger partial charge in [0.1, 0.15) is 0 Å². The van der Waals surface area contributed by atoms with Gasteiger partial charge in [-0.1, -0.05) is 18.7 Å². The van der Waals surface area contributed by atoms with Crippen LogP contribution in [0.25, 0.3) is 0 Å². The predicted octanol–water partition coefficient (Wildman–Crippen LogP) is -1.81. The molecular weight excluding hydrogens is 374 g/mol. The van der Waals surface area contributed by atoms with E-state index in [4.69, 9.17) is 0 Å². The Kier molecular flexibility index (Phi) is 7.63. The summed E-state index contributed by atoms with van der Waals surface area (Å²) in [6.45, 7) is 0.874. The van der Waals surface area contributed by atoms with Gasteiger partial charge in [0.25, 0.3) is 0 Å². The minimum Gasteiger partial charge on any atom is -1.00 e. The molecule has 0 aliphatic heterocycles. The van der Waals surface area contributed by atoms with Crippen molar-refractivity contribution in [2.75, 3.05) is 0 Å². The monoisotopic (exact) mass is 380 g/mol. The number of benzene rings is 2. The summed E-state index contributed by atoms with van der Waals surface area (Å²) in [5.41, 5.74) is 0. The molecule has 0 aliphatic carbocycles. The fraction of sp³-hybridized carbons (Fsp3) is 0.0769. The predicted molar refractivity (Wildman–Crippen MR) is 69.3 cm³/mol. The van der Waals surface area contributed by atoms with Gasteiger partial charge in [-0.05, 0) is 22.5 Å². The van der Waals surface area contributed by atoms with Crippen molar-refractivity contribution in [3.8, 4) is 0 Å². The largest absolute Gasteiger partial charge is 2.00 e. The summed E-state index contributed by atoms with van der Waals surface area (Å²) in [6, 6.07) is 2.42. The van der Waals surface area contributed by atoms with Crippen LogP contribution in [0.1, 0.15) is 0 Å². The number of rotatable bonds is 2. The smallest absolute Gasteiger partial charge is 1.00 e. The second-order valence-corrected chi connectivity index (χ2v) is 7.62. The molecule has 0 heterocycles. The van der Waals surface area contributed by atoms with E-state index in [2.05, 4.69) is 0 Å². The Hall–Kier alpha value is -0.747. The zero-order valence-electron chi connectivity index (χ0n) is 11.6. The van der Waals surface area contributed by atoms with Crippen molar-refractivity contribution in [2.24, 2.45) is 0 Å². The van der Waals surface area contributed by atoms with Crippen molar-refractivity contribution < 1.29 is 43.5 Å². The molecule has 0 unspecified atom stereocenters. The van der Waals surface area contributed by atoms with E-state index < -0.39 is 53.6 Å². The van der Waals surface area contributed by atoms with E-state index in [1.807, 2.05) is 0 Å². The molecule has 0 saturated carbocycles. The molecule has 0 N–H and O–H groups in total. The quantitative estimate of drug-likeness (QED) is 0.342. The van der Waals surface area contributed by atoms with E-state index in [-0.39, 0.29) is 35.5 Å². The molecule has 0 aromatic heterocycles. The molecule has 0 amide bonds. The maximum Gasteiger partial charge on any atom is 2.00 e. The van der Waals surface area contributed by atoms with Crippen molar-refractivity contribution >= 4 is 41.7 Å². The van der Waals surface area contributed by atoms with E-state index in [1.165, 1.54) is 0 Å². The topological polar surface area (TPSA) is 23.1 Å². The van der Waals surface area contributed by atoms with Gasteiger partial charge in [-0.25, -0.2) is 26.3 Å². The third kappa shape index (κ3) is 3.85. The van der Waals surface area contributed by atoms with Gasteiger partial charge in [0.05, 0.1) is 0 Å². The third-order valence-corrected chi connectivity index (χ3v) is 5.93. The summed E-state index contributed by atoms with van der Waals surface area (Å²) in [6.07, 6.45) is 0. The van der Waals surface area contributed by atoms with Crippen molar-refractivity contribution in [2.45, 2.75) is 6.55 Å². The molecule has 1 nitrogen and oxygen atoms in total. The van der Waals surface area contributed by atoms with Gasteiger partial charge < -0.3 is 17.2 Å².